The Morgan fingerprint density at radius 2 is 1.37 bits per heavy atom. The van der Waals surface area contributed by atoms with Gasteiger partial charge in [0.2, 0.25) is 0 Å². The lowest BCUT2D eigenvalue weighted by atomic mass is 9.81. The molecule has 0 spiro atoms. The van der Waals surface area contributed by atoms with Crippen LogP contribution in [-0.4, -0.2) is 0 Å². The molecule has 2 nitrogen and oxygen atoms in total. The number of benzene rings is 6. The van der Waals surface area contributed by atoms with E-state index in [9.17, 15) is 0 Å². The van der Waals surface area contributed by atoms with Gasteiger partial charge in [0.25, 0.3) is 0 Å². The Morgan fingerprint density at radius 1 is 0.610 bits per heavy atom. The van der Waals surface area contributed by atoms with Crippen molar-refractivity contribution in [2.75, 3.05) is 5.32 Å². The summed E-state index contributed by atoms with van der Waals surface area (Å²) in [5.41, 5.74) is 7.91. The molecule has 0 aliphatic heterocycles. The minimum Gasteiger partial charge on any atom is -0.456 e. The monoisotopic (exact) mass is 527 g/mol. The first-order valence-electron chi connectivity index (χ1n) is 14.3. The van der Waals surface area contributed by atoms with Crippen LogP contribution in [0.4, 0.5) is 5.69 Å². The maximum Gasteiger partial charge on any atom is 0.135 e. The molecule has 0 bridgehead atoms. The molecule has 1 aliphatic rings. The highest BCUT2D eigenvalue weighted by molar-refractivity contribution is 6.12. The van der Waals surface area contributed by atoms with Crippen molar-refractivity contribution in [1.29, 1.82) is 0 Å². The van der Waals surface area contributed by atoms with E-state index in [0.717, 1.165) is 22.6 Å². The fourth-order valence-corrected chi connectivity index (χ4v) is 6.57. The van der Waals surface area contributed by atoms with Crippen molar-refractivity contribution in [2.24, 2.45) is 5.92 Å². The quantitative estimate of drug-likeness (QED) is 0.230. The lowest BCUT2D eigenvalue weighted by Crippen LogP contribution is -2.12. The number of para-hydroxylation sites is 1. The van der Waals surface area contributed by atoms with Crippen LogP contribution in [0, 0.1) is 5.92 Å². The fourth-order valence-electron chi connectivity index (χ4n) is 6.57. The zero-order valence-electron chi connectivity index (χ0n) is 22.8. The lowest BCUT2D eigenvalue weighted by molar-refractivity contribution is 0.632. The van der Waals surface area contributed by atoms with E-state index in [2.05, 4.69) is 146 Å². The minimum atomic E-state index is 0.287. The van der Waals surface area contributed by atoms with E-state index in [1.54, 1.807) is 0 Å². The zero-order valence-corrected chi connectivity index (χ0v) is 22.8. The third-order valence-electron chi connectivity index (χ3n) is 8.56. The Labute approximate surface area is 239 Å². The van der Waals surface area contributed by atoms with Crippen LogP contribution < -0.4 is 5.32 Å². The van der Waals surface area contributed by atoms with Gasteiger partial charge in [0.15, 0.2) is 0 Å². The Kier molecular flexibility index (Phi) is 5.53. The maximum absolute atomic E-state index is 6.15. The molecule has 2 heteroatoms. The molecule has 1 heterocycles. The average molecular weight is 528 g/mol. The number of allylic oxidation sites excluding steroid dienone is 3. The van der Waals surface area contributed by atoms with Crippen molar-refractivity contribution >= 4 is 49.2 Å². The topological polar surface area (TPSA) is 25.2 Å². The molecule has 0 amide bonds. The third kappa shape index (κ3) is 4.03. The number of hydrogen-bond donors (Lipinski definition) is 1. The second-order valence-electron chi connectivity index (χ2n) is 11.1. The second kappa shape index (κ2) is 9.53. The molecular formula is C39H29NO. The molecule has 41 heavy (non-hydrogen) atoms. The molecular weight excluding hydrogens is 498 g/mol. The largest absolute Gasteiger partial charge is 0.456 e. The van der Waals surface area contributed by atoms with Crippen LogP contribution in [0.25, 0.3) is 54.6 Å². The van der Waals surface area contributed by atoms with Gasteiger partial charge < -0.3 is 9.73 Å². The van der Waals surface area contributed by atoms with Crippen molar-refractivity contribution in [3.63, 3.8) is 0 Å². The number of furan rings is 1. The van der Waals surface area contributed by atoms with E-state index < -0.39 is 0 Å². The van der Waals surface area contributed by atoms with Gasteiger partial charge in [0.1, 0.15) is 11.2 Å². The van der Waals surface area contributed by atoms with Crippen LogP contribution in [0.3, 0.4) is 0 Å². The molecule has 8 rings (SSSR count). The number of fused-ring (bicyclic) bond motifs is 6. The van der Waals surface area contributed by atoms with Crippen LogP contribution in [0.5, 0.6) is 0 Å². The Hall–Kier alpha value is -5.08. The number of rotatable bonds is 4. The summed E-state index contributed by atoms with van der Waals surface area (Å²) in [7, 11) is 0. The Bertz CT molecular complexity index is 2150. The molecule has 196 valence electrons. The molecule has 1 N–H and O–H groups in total. The number of anilines is 1. The maximum atomic E-state index is 6.15. The summed E-state index contributed by atoms with van der Waals surface area (Å²) in [6, 6.07) is 43.3. The Balaban J connectivity index is 1.06. The van der Waals surface area contributed by atoms with Gasteiger partial charge in [-0.25, -0.2) is 0 Å². The van der Waals surface area contributed by atoms with E-state index in [0.29, 0.717) is 5.92 Å². The summed E-state index contributed by atoms with van der Waals surface area (Å²) in [5, 5.41) is 11.2. The van der Waals surface area contributed by atoms with Gasteiger partial charge in [0, 0.05) is 28.1 Å². The molecule has 0 saturated heterocycles. The van der Waals surface area contributed by atoms with Crippen molar-refractivity contribution < 1.29 is 4.42 Å². The molecule has 2 atom stereocenters. The van der Waals surface area contributed by atoms with Crippen LogP contribution >= 0.6 is 0 Å². The summed E-state index contributed by atoms with van der Waals surface area (Å²) in [6.07, 6.45) is 6.89. The van der Waals surface area contributed by atoms with E-state index in [1.807, 2.05) is 6.07 Å². The van der Waals surface area contributed by atoms with Crippen molar-refractivity contribution in [3.8, 4) is 11.1 Å². The first kappa shape index (κ1) is 23.8. The van der Waals surface area contributed by atoms with Gasteiger partial charge >= 0.3 is 0 Å². The summed E-state index contributed by atoms with van der Waals surface area (Å²) < 4.78 is 6.15. The van der Waals surface area contributed by atoms with Gasteiger partial charge in [0.05, 0.1) is 0 Å². The lowest BCUT2D eigenvalue weighted by Gasteiger charge is -2.25. The van der Waals surface area contributed by atoms with E-state index >= 15 is 0 Å². The molecule has 0 saturated carbocycles. The van der Waals surface area contributed by atoms with Crippen LogP contribution in [0.2, 0.25) is 0 Å². The summed E-state index contributed by atoms with van der Waals surface area (Å²) in [6.45, 7) is 2.30. The molecule has 0 fully saturated rings. The second-order valence-corrected chi connectivity index (χ2v) is 11.1. The van der Waals surface area contributed by atoms with Crippen LogP contribution in [-0.2, 0) is 0 Å². The van der Waals surface area contributed by atoms with Crippen LogP contribution in [0.1, 0.15) is 18.4 Å². The minimum absolute atomic E-state index is 0.287. The summed E-state index contributed by atoms with van der Waals surface area (Å²) >= 11 is 0. The molecule has 7 aromatic rings. The molecule has 0 radical (unpaired) electrons. The highest BCUT2D eigenvalue weighted by Gasteiger charge is 2.23. The first-order chi connectivity index (χ1) is 20.2. The molecule has 2 unspecified atom stereocenters. The molecule has 1 aliphatic carbocycles. The van der Waals surface area contributed by atoms with E-state index in [-0.39, 0.29) is 5.92 Å². The average Bonchev–Trinajstić information content (AvgIpc) is 3.40. The number of nitrogens with one attached hydrogen (secondary N) is 1. The third-order valence-corrected chi connectivity index (χ3v) is 8.56. The van der Waals surface area contributed by atoms with Crippen LogP contribution in [0.15, 0.2) is 150 Å². The normalized spacial score (nSPS) is 17.0. The first-order valence-corrected chi connectivity index (χ1v) is 14.3. The highest BCUT2D eigenvalue weighted by Crippen LogP contribution is 2.40. The summed E-state index contributed by atoms with van der Waals surface area (Å²) in [4.78, 5) is 0. The van der Waals surface area contributed by atoms with Gasteiger partial charge in [-0.05, 0) is 74.5 Å². The van der Waals surface area contributed by atoms with Crippen molar-refractivity contribution in [2.45, 2.75) is 12.8 Å². The predicted molar refractivity (Wildman–Crippen MR) is 173 cm³/mol. The standard InChI is InChI=1S/C39H29NO/c1-25-24-29(21-23-30(25)35-13-7-15-38-39(35)36-10-4-5-14-37(36)41-38)40-28-19-16-27(17-20-28)32-11-6-12-33-31-9-3-2-8-26(31)18-22-34(32)33/h2-25,30,40H,1H3. The van der Waals surface area contributed by atoms with Gasteiger partial charge in [-0.3, -0.25) is 0 Å². The summed E-state index contributed by atoms with van der Waals surface area (Å²) in [5.74, 6) is 0.626. The highest BCUT2D eigenvalue weighted by atomic mass is 16.3. The van der Waals surface area contributed by atoms with Gasteiger partial charge in [-0.2, -0.15) is 0 Å². The van der Waals surface area contributed by atoms with Crippen molar-refractivity contribution in [1.82, 2.24) is 0 Å². The van der Waals surface area contributed by atoms with Gasteiger partial charge in [-0.1, -0.05) is 116 Å². The molecule has 1 aromatic heterocycles. The Morgan fingerprint density at radius 3 is 2.24 bits per heavy atom. The SMILES string of the molecule is CC1C=C(Nc2ccc(-c3cccc4c3ccc3ccccc34)cc2)C=CC1c1cccc2oc3ccccc3c12. The van der Waals surface area contributed by atoms with Gasteiger partial charge in [-0.15, -0.1) is 0 Å². The zero-order chi connectivity index (χ0) is 27.3. The van der Waals surface area contributed by atoms with E-state index in [4.69, 9.17) is 4.42 Å². The molecule has 6 aromatic carbocycles. The number of hydrogen-bond acceptors (Lipinski definition) is 2. The van der Waals surface area contributed by atoms with E-state index in [1.165, 1.54) is 49.0 Å². The van der Waals surface area contributed by atoms with Crippen molar-refractivity contribution in [3.05, 3.63) is 151 Å². The fraction of sp³-hybridized carbons (Fsp3) is 0.0769. The predicted octanol–water partition coefficient (Wildman–Crippen LogP) is 10.8. The smallest absolute Gasteiger partial charge is 0.135 e.